The molecule has 0 unspecified atom stereocenters. The van der Waals surface area contributed by atoms with Crippen LogP contribution < -0.4 is 5.32 Å². The molecule has 114 valence electrons. The van der Waals surface area contributed by atoms with Crippen molar-refractivity contribution >= 4 is 24.0 Å². The molecule has 6 heteroatoms. The van der Waals surface area contributed by atoms with Crippen LogP contribution in [-0.2, 0) is 14.3 Å². The number of nitrogens with one attached hydrogen (secondary N) is 1. The second kappa shape index (κ2) is 6.45. The summed E-state index contributed by atoms with van der Waals surface area (Å²) in [5, 5.41) is 13.3. The predicted octanol–water partition coefficient (Wildman–Crippen LogP) is 1.40. The highest BCUT2D eigenvalue weighted by Gasteiger charge is 2.56. The Hall–Kier alpha value is -1.59. The van der Waals surface area contributed by atoms with Gasteiger partial charge in [0, 0.05) is 5.88 Å². The summed E-state index contributed by atoms with van der Waals surface area (Å²) >= 11 is 5.73. The summed E-state index contributed by atoms with van der Waals surface area (Å²) in [4.78, 5) is 23.0. The Labute approximate surface area is 128 Å². The van der Waals surface area contributed by atoms with Gasteiger partial charge >= 0.3 is 0 Å². The average Bonchev–Trinajstić information content (AvgIpc) is 2.73. The zero-order chi connectivity index (χ0) is 15.5. The van der Waals surface area contributed by atoms with E-state index in [4.69, 9.17) is 16.3 Å². The number of hydrogen-bond donors (Lipinski definition) is 2. The number of hydrogen-bond acceptors (Lipinski definition) is 4. The van der Waals surface area contributed by atoms with Crippen LogP contribution in [0.3, 0.4) is 0 Å². The maximum atomic E-state index is 12.1. The van der Waals surface area contributed by atoms with Gasteiger partial charge in [0.25, 0.3) is 6.47 Å². The van der Waals surface area contributed by atoms with Gasteiger partial charge in [-0.3, -0.25) is 9.59 Å². The van der Waals surface area contributed by atoms with Gasteiger partial charge in [0.05, 0.1) is 12.0 Å². The van der Waals surface area contributed by atoms with Gasteiger partial charge < -0.3 is 15.2 Å². The van der Waals surface area contributed by atoms with E-state index in [1.54, 1.807) is 31.2 Å². The summed E-state index contributed by atoms with van der Waals surface area (Å²) in [7, 11) is 0. The third-order valence-electron chi connectivity index (χ3n) is 4.08. The lowest BCUT2D eigenvalue weighted by atomic mass is 9.81. The lowest BCUT2D eigenvalue weighted by Crippen LogP contribution is -2.49. The molecule has 0 radical (unpaired) electrons. The molecule has 1 saturated heterocycles. The number of carbonyl (C=O) groups is 2. The first-order valence-electron chi connectivity index (χ1n) is 6.75. The second-order valence-corrected chi connectivity index (χ2v) is 5.65. The molecule has 0 aromatic heterocycles. The van der Waals surface area contributed by atoms with Crippen molar-refractivity contribution in [3.63, 3.8) is 0 Å². The number of benzene rings is 1. The molecule has 1 aromatic carbocycles. The predicted molar refractivity (Wildman–Crippen MR) is 77.7 cm³/mol. The summed E-state index contributed by atoms with van der Waals surface area (Å²) in [6.07, 6.45) is -0.601. The zero-order valence-electron chi connectivity index (χ0n) is 11.7. The van der Waals surface area contributed by atoms with Crippen molar-refractivity contribution in [1.29, 1.82) is 0 Å². The number of carbonyl (C=O) groups excluding carboxylic acids is 2. The number of alkyl halides is 1. The average molecular weight is 312 g/mol. The van der Waals surface area contributed by atoms with E-state index in [-0.39, 0.29) is 11.8 Å². The highest BCUT2D eigenvalue weighted by atomic mass is 35.5. The normalized spacial score (nSPS) is 29.8. The molecule has 1 amide bonds. The van der Waals surface area contributed by atoms with E-state index < -0.39 is 23.7 Å². The summed E-state index contributed by atoms with van der Waals surface area (Å²) in [5.74, 6) is -0.576. The van der Waals surface area contributed by atoms with Crippen LogP contribution in [0.2, 0.25) is 0 Å². The fourth-order valence-electron chi connectivity index (χ4n) is 2.90. The number of amides is 1. The van der Waals surface area contributed by atoms with Crippen molar-refractivity contribution in [3.8, 4) is 0 Å². The number of aliphatic hydroxyl groups is 1. The van der Waals surface area contributed by atoms with E-state index in [2.05, 4.69) is 5.32 Å². The molecule has 1 aliphatic heterocycles. The van der Waals surface area contributed by atoms with Crippen LogP contribution in [0.5, 0.6) is 0 Å². The van der Waals surface area contributed by atoms with Gasteiger partial charge in [-0.15, -0.1) is 11.6 Å². The third kappa shape index (κ3) is 2.89. The summed E-state index contributed by atoms with van der Waals surface area (Å²) in [6.45, 7) is 1.96. The molecule has 1 aromatic rings. The minimum absolute atomic E-state index is 0.264. The molecule has 0 spiro atoms. The molecule has 4 atom stereocenters. The van der Waals surface area contributed by atoms with E-state index in [0.717, 1.165) is 0 Å². The number of halogens is 1. The van der Waals surface area contributed by atoms with Gasteiger partial charge in [0.2, 0.25) is 5.91 Å². The van der Waals surface area contributed by atoms with Gasteiger partial charge in [0.15, 0.2) is 0 Å². The summed E-state index contributed by atoms with van der Waals surface area (Å²) in [6, 6.07) is 8.22. The van der Waals surface area contributed by atoms with Gasteiger partial charge in [-0.25, -0.2) is 0 Å². The number of aliphatic hydroxyl groups excluding tert-OH is 1. The molecule has 0 aliphatic carbocycles. The van der Waals surface area contributed by atoms with Gasteiger partial charge in [0.1, 0.15) is 11.7 Å². The molecule has 1 aliphatic rings. The van der Waals surface area contributed by atoms with Crippen molar-refractivity contribution in [2.24, 2.45) is 5.92 Å². The van der Waals surface area contributed by atoms with Crippen molar-refractivity contribution in [2.45, 2.75) is 31.1 Å². The van der Waals surface area contributed by atoms with Crippen molar-refractivity contribution in [2.75, 3.05) is 5.88 Å². The standard InChI is InChI=1S/C15H18ClNO4/c1-15(21-9-18)11(7-8-16)14(20)17-13(15)12(19)10-5-3-2-4-6-10/h2-6,9,11-13,19H,7-8H2,1H3,(H,17,20)/t11-,12-,13+,15-/m0/s1. The first-order chi connectivity index (χ1) is 10.0. The van der Waals surface area contributed by atoms with Crippen molar-refractivity contribution in [1.82, 2.24) is 5.32 Å². The molecule has 5 nitrogen and oxygen atoms in total. The zero-order valence-corrected chi connectivity index (χ0v) is 12.4. The van der Waals surface area contributed by atoms with Crippen LogP contribution in [0.1, 0.15) is 25.0 Å². The van der Waals surface area contributed by atoms with Crippen LogP contribution in [0, 0.1) is 5.92 Å². The minimum Gasteiger partial charge on any atom is -0.458 e. The van der Waals surface area contributed by atoms with Gasteiger partial charge in [-0.2, -0.15) is 0 Å². The quantitative estimate of drug-likeness (QED) is 0.615. The lowest BCUT2D eigenvalue weighted by molar-refractivity contribution is -0.151. The largest absolute Gasteiger partial charge is 0.458 e. The monoisotopic (exact) mass is 311 g/mol. The SMILES string of the molecule is C[C@@]1(OC=O)[C@@H]([C@@H](O)c2ccccc2)NC(=O)[C@@H]1CCCl. The van der Waals surface area contributed by atoms with Crippen LogP contribution in [0.4, 0.5) is 0 Å². The Balaban J connectivity index is 2.33. The maximum absolute atomic E-state index is 12.1. The lowest BCUT2D eigenvalue weighted by Gasteiger charge is -2.35. The van der Waals surface area contributed by atoms with E-state index in [1.807, 2.05) is 6.07 Å². The van der Waals surface area contributed by atoms with E-state index in [0.29, 0.717) is 18.5 Å². The van der Waals surface area contributed by atoms with E-state index >= 15 is 0 Å². The number of rotatable bonds is 6. The molecule has 1 heterocycles. The van der Waals surface area contributed by atoms with Crippen LogP contribution in [-0.4, -0.2) is 35.0 Å². The Morgan fingerprint density at radius 3 is 2.71 bits per heavy atom. The molecule has 2 N–H and O–H groups in total. The maximum Gasteiger partial charge on any atom is 0.293 e. The van der Waals surface area contributed by atoms with Crippen molar-refractivity contribution < 1.29 is 19.4 Å². The van der Waals surface area contributed by atoms with Crippen LogP contribution in [0.15, 0.2) is 30.3 Å². The molecular formula is C15H18ClNO4. The molecule has 0 saturated carbocycles. The topological polar surface area (TPSA) is 75.6 Å². The van der Waals surface area contributed by atoms with E-state index in [9.17, 15) is 14.7 Å². The highest BCUT2D eigenvalue weighted by molar-refractivity contribution is 6.18. The summed E-state index contributed by atoms with van der Waals surface area (Å²) in [5.41, 5.74) is -0.488. The first kappa shape index (κ1) is 15.8. The molecule has 2 rings (SSSR count). The highest BCUT2D eigenvalue weighted by Crippen LogP contribution is 2.39. The molecular weight excluding hydrogens is 294 g/mol. The third-order valence-corrected chi connectivity index (χ3v) is 4.30. The van der Waals surface area contributed by atoms with Crippen molar-refractivity contribution in [3.05, 3.63) is 35.9 Å². The van der Waals surface area contributed by atoms with Gasteiger partial charge in [-0.1, -0.05) is 30.3 Å². The Kier molecular flexibility index (Phi) is 4.85. The first-order valence-corrected chi connectivity index (χ1v) is 7.29. The Morgan fingerprint density at radius 2 is 2.14 bits per heavy atom. The fourth-order valence-corrected chi connectivity index (χ4v) is 3.11. The molecule has 0 bridgehead atoms. The second-order valence-electron chi connectivity index (χ2n) is 5.27. The van der Waals surface area contributed by atoms with Crippen LogP contribution >= 0.6 is 11.6 Å². The Bertz CT molecular complexity index is 510. The van der Waals surface area contributed by atoms with E-state index in [1.165, 1.54) is 0 Å². The number of ether oxygens (including phenoxy) is 1. The Morgan fingerprint density at radius 1 is 1.48 bits per heavy atom. The summed E-state index contributed by atoms with van der Waals surface area (Å²) < 4.78 is 5.20. The molecule has 1 fully saturated rings. The fraction of sp³-hybridized carbons (Fsp3) is 0.467. The van der Waals surface area contributed by atoms with Gasteiger partial charge in [-0.05, 0) is 18.9 Å². The minimum atomic E-state index is -1.14. The van der Waals surface area contributed by atoms with Crippen LogP contribution in [0.25, 0.3) is 0 Å². The molecule has 21 heavy (non-hydrogen) atoms. The smallest absolute Gasteiger partial charge is 0.293 e.